The fourth-order valence-electron chi connectivity index (χ4n) is 2.53. The average Bonchev–Trinajstić information content (AvgIpc) is 2.62. The monoisotopic (exact) mass is 265 g/mol. The van der Waals surface area contributed by atoms with Crippen LogP contribution in [0.25, 0.3) is 0 Å². The van der Waals surface area contributed by atoms with Crippen molar-refractivity contribution >= 4 is 11.6 Å². The fourth-order valence-corrected chi connectivity index (χ4v) is 2.53. The number of rotatable bonds is 3. The summed E-state index contributed by atoms with van der Waals surface area (Å²) in [5.41, 5.74) is 7.52. The molecule has 19 heavy (non-hydrogen) atoms. The number of aromatic nitrogens is 2. The van der Waals surface area contributed by atoms with E-state index in [0.717, 1.165) is 32.5 Å². The van der Waals surface area contributed by atoms with Gasteiger partial charge in [0.2, 0.25) is 0 Å². The number of nitrogens with zero attached hydrogens (tertiary/aromatic N) is 3. The highest BCUT2D eigenvalue weighted by molar-refractivity contribution is 5.97. The fraction of sp³-hybridized carbons (Fsp3) is 0.692. The van der Waals surface area contributed by atoms with Crippen molar-refractivity contribution in [3.63, 3.8) is 0 Å². The van der Waals surface area contributed by atoms with Gasteiger partial charge in [0.05, 0.1) is 11.4 Å². The molecule has 2 rings (SSSR count). The predicted molar refractivity (Wildman–Crippen MR) is 74.9 cm³/mol. The molecule has 1 aromatic heterocycles. The van der Waals surface area contributed by atoms with Gasteiger partial charge in [0.15, 0.2) is 0 Å². The summed E-state index contributed by atoms with van der Waals surface area (Å²) in [5.74, 6) is 0.440. The minimum atomic E-state index is -0.125. The van der Waals surface area contributed by atoms with E-state index in [9.17, 15) is 4.79 Å². The van der Waals surface area contributed by atoms with Gasteiger partial charge in [-0.1, -0.05) is 0 Å². The van der Waals surface area contributed by atoms with Crippen molar-refractivity contribution in [1.82, 2.24) is 20.0 Å². The lowest BCUT2D eigenvalue weighted by Gasteiger charge is -2.28. The largest absolute Gasteiger partial charge is 0.395 e. The second-order valence-corrected chi connectivity index (χ2v) is 5.43. The molecule has 0 spiro atoms. The molecule has 0 radical (unpaired) electrons. The maximum Gasteiger partial charge on any atom is 0.271 e. The molecule has 0 bridgehead atoms. The van der Waals surface area contributed by atoms with Gasteiger partial charge < -0.3 is 16.0 Å². The lowest BCUT2D eigenvalue weighted by molar-refractivity contribution is 0.0930. The first kappa shape index (κ1) is 13.9. The van der Waals surface area contributed by atoms with E-state index in [1.165, 1.54) is 0 Å². The van der Waals surface area contributed by atoms with Crippen molar-refractivity contribution in [2.75, 3.05) is 32.4 Å². The third-order valence-electron chi connectivity index (χ3n) is 3.87. The molecule has 0 atom stereocenters. The van der Waals surface area contributed by atoms with E-state index in [1.54, 1.807) is 11.7 Å². The molecular formula is C13H23N5O. The topological polar surface area (TPSA) is 76.2 Å². The Bertz CT molecular complexity index is 460. The zero-order chi connectivity index (χ0) is 14.0. The Kier molecular flexibility index (Phi) is 4.09. The van der Waals surface area contributed by atoms with Crippen molar-refractivity contribution < 1.29 is 4.79 Å². The number of amides is 1. The summed E-state index contributed by atoms with van der Waals surface area (Å²) >= 11 is 0. The molecule has 1 aliphatic rings. The third-order valence-corrected chi connectivity index (χ3v) is 3.87. The van der Waals surface area contributed by atoms with E-state index < -0.39 is 0 Å². The van der Waals surface area contributed by atoms with Crippen LogP contribution in [-0.4, -0.2) is 47.3 Å². The number of carbonyl (C=O) groups excluding carboxylic acids is 1. The second kappa shape index (κ2) is 5.61. The van der Waals surface area contributed by atoms with Crippen molar-refractivity contribution in [2.45, 2.75) is 19.8 Å². The van der Waals surface area contributed by atoms with Crippen molar-refractivity contribution in [2.24, 2.45) is 13.0 Å². The number of hydrogen-bond acceptors (Lipinski definition) is 4. The van der Waals surface area contributed by atoms with E-state index in [4.69, 9.17) is 5.73 Å². The van der Waals surface area contributed by atoms with Gasteiger partial charge in [0, 0.05) is 13.6 Å². The van der Waals surface area contributed by atoms with Crippen LogP contribution in [0.2, 0.25) is 0 Å². The molecule has 0 aliphatic carbocycles. The predicted octanol–water partition coefficient (Wildman–Crippen LogP) is 0.382. The zero-order valence-corrected chi connectivity index (χ0v) is 11.9. The smallest absolute Gasteiger partial charge is 0.271 e. The van der Waals surface area contributed by atoms with E-state index in [2.05, 4.69) is 22.4 Å². The Labute approximate surface area is 113 Å². The van der Waals surface area contributed by atoms with Crippen LogP contribution in [0.1, 0.15) is 29.0 Å². The molecule has 1 saturated heterocycles. The summed E-state index contributed by atoms with van der Waals surface area (Å²) in [7, 11) is 3.88. The standard InChI is InChI=1S/C13H23N5O/c1-9-11(14)12(18(3)16-9)13(19)15-8-10-4-6-17(2)7-5-10/h10H,4-8,14H2,1-3H3,(H,15,19). The number of carbonyl (C=O) groups is 1. The molecule has 0 unspecified atom stereocenters. The maximum absolute atomic E-state index is 12.1. The van der Waals surface area contributed by atoms with Crippen molar-refractivity contribution in [1.29, 1.82) is 0 Å². The van der Waals surface area contributed by atoms with Crippen LogP contribution in [0, 0.1) is 12.8 Å². The van der Waals surface area contributed by atoms with Crippen LogP contribution in [-0.2, 0) is 7.05 Å². The highest BCUT2D eigenvalue weighted by atomic mass is 16.2. The summed E-state index contributed by atoms with van der Waals surface area (Å²) in [5, 5.41) is 7.14. The molecule has 6 heteroatoms. The number of nitrogen functional groups attached to an aromatic ring is 1. The van der Waals surface area contributed by atoms with Gasteiger partial charge in [-0.15, -0.1) is 0 Å². The van der Waals surface area contributed by atoms with E-state index >= 15 is 0 Å². The van der Waals surface area contributed by atoms with E-state index in [-0.39, 0.29) is 5.91 Å². The molecular weight excluding hydrogens is 242 g/mol. The van der Waals surface area contributed by atoms with Gasteiger partial charge >= 0.3 is 0 Å². The van der Waals surface area contributed by atoms with Crippen molar-refractivity contribution in [3.8, 4) is 0 Å². The molecule has 6 nitrogen and oxygen atoms in total. The number of hydrogen-bond donors (Lipinski definition) is 2. The minimum absolute atomic E-state index is 0.125. The summed E-state index contributed by atoms with van der Waals surface area (Å²) in [4.78, 5) is 14.5. The van der Waals surface area contributed by atoms with E-state index in [0.29, 0.717) is 23.0 Å². The van der Waals surface area contributed by atoms with Gasteiger partial charge in [0.25, 0.3) is 5.91 Å². The molecule has 2 heterocycles. The summed E-state index contributed by atoms with van der Waals surface area (Å²) in [6.07, 6.45) is 2.27. The minimum Gasteiger partial charge on any atom is -0.395 e. The Morgan fingerprint density at radius 1 is 1.42 bits per heavy atom. The average molecular weight is 265 g/mol. The van der Waals surface area contributed by atoms with Crippen LogP contribution in [0.3, 0.4) is 0 Å². The van der Waals surface area contributed by atoms with Gasteiger partial charge in [-0.2, -0.15) is 5.10 Å². The molecule has 3 N–H and O–H groups in total. The second-order valence-electron chi connectivity index (χ2n) is 5.43. The lowest BCUT2D eigenvalue weighted by Crippen LogP contribution is -2.37. The van der Waals surface area contributed by atoms with Gasteiger partial charge in [-0.25, -0.2) is 0 Å². The number of nitrogens with two attached hydrogens (primary N) is 1. The highest BCUT2D eigenvalue weighted by Crippen LogP contribution is 2.17. The van der Waals surface area contributed by atoms with Crippen LogP contribution in [0.15, 0.2) is 0 Å². The van der Waals surface area contributed by atoms with Gasteiger partial charge in [-0.3, -0.25) is 9.48 Å². The molecule has 0 aromatic carbocycles. The molecule has 1 aliphatic heterocycles. The SMILES string of the molecule is Cc1nn(C)c(C(=O)NCC2CCN(C)CC2)c1N. The molecule has 1 aromatic rings. The number of likely N-dealkylation sites (tertiary alicyclic amines) is 1. The van der Waals surface area contributed by atoms with Crippen molar-refractivity contribution in [3.05, 3.63) is 11.4 Å². The third kappa shape index (κ3) is 3.07. The lowest BCUT2D eigenvalue weighted by atomic mass is 9.97. The first-order valence-electron chi connectivity index (χ1n) is 6.75. The van der Waals surface area contributed by atoms with Gasteiger partial charge in [-0.05, 0) is 45.8 Å². The summed E-state index contributed by atoms with van der Waals surface area (Å²) in [6, 6.07) is 0. The molecule has 106 valence electrons. The molecule has 1 fully saturated rings. The Balaban J connectivity index is 1.91. The number of nitrogens with one attached hydrogen (secondary N) is 1. The van der Waals surface area contributed by atoms with Crippen LogP contribution >= 0.6 is 0 Å². The molecule has 1 amide bonds. The highest BCUT2D eigenvalue weighted by Gasteiger charge is 2.21. The maximum atomic E-state index is 12.1. The van der Waals surface area contributed by atoms with Crippen LogP contribution in [0.4, 0.5) is 5.69 Å². The van der Waals surface area contributed by atoms with Crippen LogP contribution < -0.4 is 11.1 Å². The first-order valence-corrected chi connectivity index (χ1v) is 6.75. The normalized spacial score (nSPS) is 17.6. The van der Waals surface area contributed by atoms with E-state index in [1.807, 2.05) is 6.92 Å². The summed E-state index contributed by atoms with van der Waals surface area (Å²) in [6.45, 7) is 4.74. The van der Waals surface area contributed by atoms with Gasteiger partial charge in [0.1, 0.15) is 5.69 Å². The number of piperidine rings is 1. The molecule has 0 saturated carbocycles. The quantitative estimate of drug-likeness (QED) is 0.828. The first-order chi connectivity index (χ1) is 8.99. The Hall–Kier alpha value is -1.56. The zero-order valence-electron chi connectivity index (χ0n) is 11.9. The number of aryl methyl sites for hydroxylation is 2. The van der Waals surface area contributed by atoms with Crippen LogP contribution in [0.5, 0.6) is 0 Å². The Morgan fingerprint density at radius 3 is 2.58 bits per heavy atom. The number of anilines is 1. The Morgan fingerprint density at radius 2 is 2.05 bits per heavy atom. The summed E-state index contributed by atoms with van der Waals surface area (Å²) < 4.78 is 1.55.